The highest BCUT2D eigenvalue weighted by Gasteiger charge is 2.23. The standard InChI is InChI=1S/C9H12FNO2/c1-9(12,6-13-2)7-3-4-11-8(10)5-7/h3-5,12H,6H2,1-2H3. The first kappa shape index (κ1) is 10.1. The van der Waals surface area contributed by atoms with Gasteiger partial charge in [-0.1, -0.05) is 0 Å². The van der Waals surface area contributed by atoms with Gasteiger partial charge < -0.3 is 9.84 Å². The molecule has 13 heavy (non-hydrogen) atoms. The first-order valence-electron chi connectivity index (χ1n) is 3.89. The number of halogens is 1. The second kappa shape index (κ2) is 3.81. The van der Waals surface area contributed by atoms with E-state index in [1.807, 2.05) is 0 Å². The minimum Gasteiger partial charge on any atom is -0.383 e. The smallest absolute Gasteiger partial charge is 0.213 e. The normalized spacial score (nSPS) is 15.4. The maximum Gasteiger partial charge on any atom is 0.213 e. The molecule has 0 saturated carbocycles. The highest BCUT2D eigenvalue weighted by atomic mass is 19.1. The van der Waals surface area contributed by atoms with Crippen LogP contribution in [-0.4, -0.2) is 23.8 Å². The zero-order valence-electron chi connectivity index (χ0n) is 7.62. The predicted molar refractivity (Wildman–Crippen MR) is 45.6 cm³/mol. The summed E-state index contributed by atoms with van der Waals surface area (Å²) >= 11 is 0. The molecule has 0 bridgehead atoms. The Morgan fingerprint density at radius 2 is 2.38 bits per heavy atom. The van der Waals surface area contributed by atoms with Gasteiger partial charge in [0, 0.05) is 13.3 Å². The number of nitrogens with zero attached hydrogens (tertiary/aromatic N) is 1. The number of ether oxygens (including phenoxy) is 1. The van der Waals surface area contributed by atoms with Crippen LogP contribution in [0.2, 0.25) is 0 Å². The summed E-state index contributed by atoms with van der Waals surface area (Å²) in [5.74, 6) is -0.603. The Morgan fingerprint density at radius 3 is 2.92 bits per heavy atom. The van der Waals surface area contributed by atoms with Crippen LogP contribution >= 0.6 is 0 Å². The van der Waals surface area contributed by atoms with Crippen LogP contribution in [0, 0.1) is 5.95 Å². The third-order valence-corrected chi connectivity index (χ3v) is 1.77. The molecule has 1 aromatic rings. The Bertz CT molecular complexity index is 289. The SMILES string of the molecule is COCC(C)(O)c1ccnc(F)c1. The van der Waals surface area contributed by atoms with E-state index in [9.17, 15) is 9.50 Å². The van der Waals surface area contributed by atoms with E-state index in [0.717, 1.165) is 0 Å². The van der Waals surface area contributed by atoms with Gasteiger partial charge in [0.05, 0.1) is 6.61 Å². The van der Waals surface area contributed by atoms with E-state index >= 15 is 0 Å². The molecule has 72 valence electrons. The van der Waals surface area contributed by atoms with Crippen LogP contribution < -0.4 is 0 Å². The molecule has 0 saturated heterocycles. The molecule has 0 aliphatic rings. The maximum absolute atomic E-state index is 12.7. The predicted octanol–water partition coefficient (Wildman–Crippen LogP) is 1.07. The fraction of sp³-hybridized carbons (Fsp3) is 0.444. The Labute approximate surface area is 76.2 Å². The first-order valence-corrected chi connectivity index (χ1v) is 3.89. The lowest BCUT2D eigenvalue weighted by Gasteiger charge is -2.22. The van der Waals surface area contributed by atoms with Crippen molar-refractivity contribution in [1.29, 1.82) is 0 Å². The molecule has 0 aromatic carbocycles. The minimum atomic E-state index is -1.17. The number of hydrogen-bond acceptors (Lipinski definition) is 3. The van der Waals surface area contributed by atoms with Crippen molar-refractivity contribution in [1.82, 2.24) is 4.98 Å². The van der Waals surface area contributed by atoms with E-state index in [1.54, 1.807) is 13.0 Å². The minimum absolute atomic E-state index is 0.121. The molecule has 0 amide bonds. The number of aromatic nitrogens is 1. The highest BCUT2D eigenvalue weighted by molar-refractivity contribution is 5.18. The quantitative estimate of drug-likeness (QED) is 0.716. The average Bonchev–Trinajstić information content (AvgIpc) is 2.04. The van der Waals surface area contributed by atoms with E-state index in [0.29, 0.717) is 5.56 Å². The molecule has 4 heteroatoms. The summed E-state index contributed by atoms with van der Waals surface area (Å²) in [7, 11) is 1.48. The third-order valence-electron chi connectivity index (χ3n) is 1.77. The molecule has 1 heterocycles. The van der Waals surface area contributed by atoms with Gasteiger partial charge in [-0.05, 0) is 24.6 Å². The summed E-state index contributed by atoms with van der Waals surface area (Å²) in [4.78, 5) is 3.39. The fourth-order valence-electron chi connectivity index (χ4n) is 1.10. The average molecular weight is 185 g/mol. The maximum atomic E-state index is 12.7. The summed E-state index contributed by atoms with van der Waals surface area (Å²) in [6.07, 6.45) is 1.31. The Kier molecular flexibility index (Phi) is 2.95. The van der Waals surface area contributed by atoms with Crippen molar-refractivity contribution in [3.8, 4) is 0 Å². The third kappa shape index (κ3) is 2.47. The van der Waals surface area contributed by atoms with Gasteiger partial charge in [-0.25, -0.2) is 4.98 Å². The monoisotopic (exact) mass is 185 g/mol. The number of rotatable bonds is 3. The first-order chi connectivity index (χ1) is 6.06. The zero-order valence-corrected chi connectivity index (χ0v) is 7.62. The van der Waals surface area contributed by atoms with Gasteiger partial charge in [-0.2, -0.15) is 4.39 Å². The number of pyridine rings is 1. The van der Waals surface area contributed by atoms with Gasteiger partial charge in [0.25, 0.3) is 0 Å². The number of methoxy groups -OCH3 is 1. The molecule has 0 fully saturated rings. The molecule has 0 aliphatic heterocycles. The molecule has 0 spiro atoms. The molecular formula is C9H12FNO2. The fourth-order valence-corrected chi connectivity index (χ4v) is 1.10. The molecule has 3 nitrogen and oxygen atoms in total. The molecule has 1 aromatic heterocycles. The molecule has 1 unspecified atom stereocenters. The lowest BCUT2D eigenvalue weighted by Crippen LogP contribution is -2.27. The van der Waals surface area contributed by atoms with Gasteiger partial charge in [0.1, 0.15) is 5.60 Å². The van der Waals surface area contributed by atoms with Gasteiger partial charge in [0.2, 0.25) is 5.95 Å². The van der Waals surface area contributed by atoms with E-state index in [1.165, 1.54) is 19.4 Å². The summed E-state index contributed by atoms with van der Waals surface area (Å²) in [5, 5.41) is 9.79. The van der Waals surface area contributed by atoms with Crippen molar-refractivity contribution < 1.29 is 14.2 Å². The van der Waals surface area contributed by atoms with E-state index in [4.69, 9.17) is 4.74 Å². The Morgan fingerprint density at radius 1 is 1.69 bits per heavy atom. The van der Waals surface area contributed by atoms with E-state index in [2.05, 4.69) is 4.98 Å². The van der Waals surface area contributed by atoms with Gasteiger partial charge in [-0.3, -0.25) is 0 Å². The van der Waals surface area contributed by atoms with Crippen molar-refractivity contribution in [3.05, 3.63) is 29.8 Å². The largest absolute Gasteiger partial charge is 0.383 e. The number of aliphatic hydroxyl groups is 1. The van der Waals surface area contributed by atoms with Crippen LogP contribution in [-0.2, 0) is 10.3 Å². The van der Waals surface area contributed by atoms with Crippen LogP contribution in [0.25, 0.3) is 0 Å². The Balaban J connectivity index is 2.93. The van der Waals surface area contributed by atoms with Crippen molar-refractivity contribution in [3.63, 3.8) is 0 Å². The second-order valence-corrected chi connectivity index (χ2v) is 3.07. The van der Waals surface area contributed by atoms with Crippen LogP contribution in [0.5, 0.6) is 0 Å². The van der Waals surface area contributed by atoms with E-state index in [-0.39, 0.29) is 6.61 Å². The molecular weight excluding hydrogens is 173 g/mol. The second-order valence-electron chi connectivity index (χ2n) is 3.07. The van der Waals surface area contributed by atoms with Crippen molar-refractivity contribution in [2.75, 3.05) is 13.7 Å². The van der Waals surface area contributed by atoms with Gasteiger partial charge in [-0.15, -0.1) is 0 Å². The lowest BCUT2D eigenvalue weighted by atomic mass is 9.98. The van der Waals surface area contributed by atoms with E-state index < -0.39 is 11.5 Å². The van der Waals surface area contributed by atoms with Gasteiger partial charge >= 0.3 is 0 Å². The Hall–Kier alpha value is -1.00. The summed E-state index contributed by atoms with van der Waals surface area (Å²) < 4.78 is 17.5. The molecule has 1 atom stereocenters. The summed E-state index contributed by atoms with van der Waals surface area (Å²) in [5.41, 5.74) is -0.708. The van der Waals surface area contributed by atoms with Crippen molar-refractivity contribution >= 4 is 0 Å². The van der Waals surface area contributed by atoms with Crippen LogP contribution in [0.15, 0.2) is 18.3 Å². The van der Waals surface area contributed by atoms with Crippen LogP contribution in [0.1, 0.15) is 12.5 Å². The van der Waals surface area contributed by atoms with Crippen molar-refractivity contribution in [2.24, 2.45) is 0 Å². The molecule has 1 N–H and O–H groups in total. The lowest BCUT2D eigenvalue weighted by molar-refractivity contribution is -0.0210. The van der Waals surface area contributed by atoms with Crippen LogP contribution in [0.4, 0.5) is 4.39 Å². The van der Waals surface area contributed by atoms with Gasteiger partial charge in [0.15, 0.2) is 0 Å². The number of hydrogen-bond donors (Lipinski definition) is 1. The van der Waals surface area contributed by atoms with Crippen molar-refractivity contribution in [2.45, 2.75) is 12.5 Å². The highest BCUT2D eigenvalue weighted by Crippen LogP contribution is 2.20. The van der Waals surface area contributed by atoms with Crippen LogP contribution in [0.3, 0.4) is 0 Å². The zero-order chi connectivity index (χ0) is 9.90. The summed E-state index contributed by atoms with van der Waals surface area (Å²) in [6.45, 7) is 1.68. The molecule has 0 aliphatic carbocycles. The molecule has 1 rings (SSSR count). The molecule has 0 radical (unpaired) electrons. The summed E-state index contributed by atoms with van der Waals surface area (Å²) in [6, 6.07) is 2.75. The topological polar surface area (TPSA) is 42.4 Å².